The molecule has 2 aromatic rings. The summed E-state index contributed by atoms with van der Waals surface area (Å²) in [4.78, 5) is 38.8. The van der Waals surface area contributed by atoms with E-state index in [-0.39, 0.29) is 18.7 Å². The highest BCUT2D eigenvalue weighted by Crippen LogP contribution is 2.32. The molecule has 1 saturated carbocycles. The maximum absolute atomic E-state index is 13.0. The molecule has 1 fully saturated rings. The molecule has 10 heteroatoms. The van der Waals surface area contributed by atoms with Crippen molar-refractivity contribution in [3.05, 3.63) is 63.4 Å². The molecule has 0 radical (unpaired) electrons. The Bertz CT molecular complexity index is 1000. The van der Waals surface area contributed by atoms with Gasteiger partial charge in [0.1, 0.15) is 11.4 Å². The molecule has 1 aliphatic rings. The molecule has 0 atom stereocenters. The zero-order chi connectivity index (χ0) is 22.4. The lowest BCUT2D eigenvalue weighted by molar-refractivity contribution is -0.137. The third kappa shape index (κ3) is 6.34. The second-order valence-electron chi connectivity index (χ2n) is 7.33. The molecule has 31 heavy (non-hydrogen) atoms. The van der Waals surface area contributed by atoms with Crippen LogP contribution in [0.25, 0.3) is 0 Å². The fraction of sp³-hybridized carbons (Fsp3) is 0.381. The summed E-state index contributed by atoms with van der Waals surface area (Å²) in [6, 6.07) is 7.44. The number of carbonyl (C=O) groups is 2. The lowest BCUT2D eigenvalue weighted by atomic mass is 10.1. The van der Waals surface area contributed by atoms with Gasteiger partial charge in [0, 0.05) is 19.6 Å². The van der Waals surface area contributed by atoms with Crippen molar-refractivity contribution in [3.8, 4) is 0 Å². The Morgan fingerprint density at radius 2 is 1.61 bits per heavy atom. The average Bonchev–Trinajstić information content (AvgIpc) is 3.55. The Hall–Kier alpha value is -3.30. The molecule has 166 valence electrons. The Morgan fingerprint density at radius 3 is 2.29 bits per heavy atom. The van der Waals surface area contributed by atoms with Gasteiger partial charge in [-0.05, 0) is 36.6 Å². The minimum absolute atomic E-state index is 0.00147. The van der Waals surface area contributed by atoms with Crippen molar-refractivity contribution in [3.63, 3.8) is 0 Å². The topological polar surface area (TPSA) is 103 Å². The van der Waals surface area contributed by atoms with Crippen LogP contribution in [0.5, 0.6) is 0 Å². The summed E-state index contributed by atoms with van der Waals surface area (Å²) in [6.45, 7) is 0.708. The van der Waals surface area contributed by atoms with Crippen molar-refractivity contribution in [2.45, 2.75) is 25.4 Å². The van der Waals surface area contributed by atoms with Crippen molar-refractivity contribution in [2.24, 2.45) is 5.92 Å². The predicted molar refractivity (Wildman–Crippen MR) is 109 cm³/mol. The van der Waals surface area contributed by atoms with Crippen molar-refractivity contribution in [1.29, 1.82) is 0 Å². The van der Waals surface area contributed by atoms with Gasteiger partial charge in [0.15, 0.2) is 0 Å². The highest BCUT2D eigenvalue weighted by atomic mass is 19.4. The number of H-pyrrole nitrogens is 1. The van der Waals surface area contributed by atoms with Crippen LogP contribution >= 0.6 is 0 Å². The van der Waals surface area contributed by atoms with Gasteiger partial charge in [-0.2, -0.15) is 13.2 Å². The van der Waals surface area contributed by atoms with E-state index in [1.807, 2.05) is 0 Å². The van der Waals surface area contributed by atoms with Crippen molar-refractivity contribution >= 4 is 17.6 Å². The fourth-order valence-electron chi connectivity index (χ4n) is 3.04. The third-order valence-electron chi connectivity index (χ3n) is 4.89. The van der Waals surface area contributed by atoms with Gasteiger partial charge in [0.05, 0.1) is 11.1 Å². The summed E-state index contributed by atoms with van der Waals surface area (Å²) in [5.41, 5.74) is -2.02. The van der Waals surface area contributed by atoms with E-state index in [0.29, 0.717) is 18.3 Å². The third-order valence-corrected chi connectivity index (χ3v) is 4.89. The molecule has 0 unspecified atom stereocenters. The van der Waals surface area contributed by atoms with E-state index < -0.39 is 34.7 Å². The molecule has 0 saturated heterocycles. The molecule has 0 aliphatic heterocycles. The molecule has 0 bridgehead atoms. The largest absolute Gasteiger partial charge is 0.417 e. The standard InChI is InChI=1S/C21H23F3N4O3/c22-21(23,24)16-4-2-1-3-14(16)18(29)27-12-11-25-17-8-7-15(20(31)28-17)19(30)26-10-9-13-5-6-13/h1-4,7-8,13H,5-6,9-12H2,(H,26,30)(H,27,29)(H2,25,28,31). The lowest BCUT2D eigenvalue weighted by Gasteiger charge is -2.13. The predicted octanol–water partition coefficient (Wildman–Crippen LogP) is 2.77. The number of hydrogen-bond acceptors (Lipinski definition) is 4. The van der Waals surface area contributed by atoms with Gasteiger partial charge >= 0.3 is 6.18 Å². The maximum atomic E-state index is 13.0. The molecule has 3 rings (SSSR count). The molecule has 4 N–H and O–H groups in total. The molecular formula is C21H23F3N4O3. The number of aromatic nitrogens is 1. The normalized spacial score (nSPS) is 13.5. The molecule has 0 spiro atoms. The number of halogens is 3. The summed E-state index contributed by atoms with van der Waals surface area (Å²) < 4.78 is 39.0. The molecule has 2 amide bonds. The highest BCUT2D eigenvalue weighted by molar-refractivity contribution is 5.96. The van der Waals surface area contributed by atoms with Gasteiger partial charge in [-0.3, -0.25) is 14.4 Å². The summed E-state index contributed by atoms with van der Waals surface area (Å²) in [5.74, 6) is -0.289. The van der Waals surface area contributed by atoms with Gasteiger partial charge in [-0.1, -0.05) is 25.0 Å². The van der Waals surface area contributed by atoms with E-state index >= 15 is 0 Å². The number of nitrogens with one attached hydrogen (secondary N) is 4. The summed E-state index contributed by atoms with van der Waals surface area (Å²) >= 11 is 0. The maximum Gasteiger partial charge on any atom is 0.417 e. The minimum atomic E-state index is -4.63. The summed E-state index contributed by atoms with van der Waals surface area (Å²) in [7, 11) is 0. The van der Waals surface area contributed by atoms with Crippen molar-refractivity contribution in [2.75, 3.05) is 25.0 Å². The van der Waals surface area contributed by atoms with Crippen LogP contribution in [-0.2, 0) is 6.18 Å². The number of carbonyl (C=O) groups excluding carboxylic acids is 2. The molecule has 1 aromatic heterocycles. The Labute approximate surface area is 176 Å². The van der Waals surface area contributed by atoms with E-state index in [1.165, 1.54) is 37.1 Å². The first-order chi connectivity index (χ1) is 14.8. The number of rotatable bonds is 9. The Kier molecular flexibility index (Phi) is 6.98. The molecule has 1 heterocycles. The first-order valence-electron chi connectivity index (χ1n) is 9.95. The monoisotopic (exact) mass is 436 g/mol. The lowest BCUT2D eigenvalue weighted by Crippen LogP contribution is -2.32. The Morgan fingerprint density at radius 1 is 0.935 bits per heavy atom. The number of amides is 2. The van der Waals surface area contributed by atoms with Crippen LogP contribution in [0.4, 0.5) is 19.0 Å². The number of pyridine rings is 1. The highest BCUT2D eigenvalue weighted by Gasteiger charge is 2.34. The van der Waals surface area contributed by atoms with E-state index in [1.54, 1.807) is 0 Å². The van der Waals surface area contributed by atoms with Crippen LogP contribution in [0.1, 0.15) is 45.5 Å². The first-order valence-corrected chi connectivity index (χ1v) is 9.95. The second-order valence-corrected chi connectivity index (χ2v) is 7.33. The zero-order valence-corrected chi connectivity index (χ0v) is 16.6. The average molecular weight is 436 g/mol. The van der Waals surface area contributed by atoms with E-state index in [0.717, 1.165) is 18.6 Å². The number of aromatic amines is 1. The number of anilines is 1. The number of alkyl halides is 3. The molecular weight excluding hydrogens is 413 g/mol. The smallest absolute Gasteiger partial charge is 0.370 e. The van der Waals surface area contributed by atoms with Crippen molar-refractivity contribution < 1.29 is 22.8 Å². The SMILES string of the molecule is O=C(NCCNc1ccc(C(=O)NCCC2CC2)c(=O)[nH]1)c1ccccc1C(F)(F)F. The molecule has 1 aromatic carbocycles. The van der Waals surface area contributed by atoms with Crippen LogP contribution in [0.3, 0.4) is 0 Å². The summed E-state index contributed by atoms with van der Waals surface area (Å²) in [5, 5.41) is 7.97. The van der Waals surface area contributed by atoms with Crippen LogP contribution < -0.4 is 21.5 Å². The second kappa shape index (κ2) is 9.67. The minimum Gasteiger partial charge on any atom is -0.370 e. The zero-order valence-electron chi connectivity index (χ0n) is 16.6. The Balaban J connectivity index is 1.47. The van der Waals surface area contributed by atoms with Crippen LogP contribution in [0.15, 0.2) is 41.2 Å². The van der Waals surface area contributed by atoms with Gasteiger partial charge in [0.2, 0.25) is 0 Å². The molecule has 7 nitrogen and oxygen atoms in total. The van der Waals surface area contributed by atoms with Crippen LogP contribution in [0.2, 0.25) is 0 Å². The number of hydrogen-bond donors (Lipinski definition) is 4. The van der Waals surface area contributed by atoms with Gasteiger partial charge in [-0.15, -0.1) is 0 Å². The number of benzene rings is 1. The van der Waals surface area contributed by atoms with E-state index in [2.05, 4.69) is 20.9 Å². The van der Waals surface area contributed by atoms with Gasteiger partial charge in [0.25, 0.3) is 17.4 Å². The van der Waals surface area contributed by atoms with E-state index in [9.17, 15) is 27.6 Å². The van der Waals surface area contributed by atoms with Gasteiger partial charge < -0.3 is 20.9 Å². The quantitative estimate of drug-likeness (QED) is 0.454. The summed E-state index contributed by atoms with van der Waals surface area (Å²) in [6.07, 6.45) is -1.35. The molecule has 1 aliphatic carbocycles. The van der Waals surface area contributed by atoms with Crippen molar-refractivity contribution in [1.82, 2.24) is 15.6 Å². The van der Waals surface area contributed by atoms with Gasteiger partial charge in [-0.25, -0.2) is 0 Å². The van der Waals surface area contributed by atoms with E-state index in [4.69, 9.17) is 0 Å². The van der Waals surface area contributed by atoms with Crippen LogP contribution in [0, 0.1) is 5.92 Å². The fourth-order valence-corrected chi connectivity index (χ4v) is 3.04. The first kappa shape index (κ1) is 22.4. The van der Waals surface area contributed by atoms with Crippen LogP contribution in [-0.4, -0.2) is 36.4 Å².